The quantitative estimate of drug-likeness (QED) is 0.922. The summed E-state index contributed by atoms with van der Waals surface area (Å²) in [7, 11) is 0. The highest BCUT2D eigenvalue weighted by Gasteiger charge is 2.43. The largest absolute Gasteiger partial charge is 0.406 e. The molecule has 2 saturated heterocycles. The number of benzene rings is 1. The van der Waals surface area contributed by atoms with E-state index in [1.807, 2.05) is 6.07 Å². The predicted molar refractivity (Wildman–Crippen MR) is 73.1 cm³/mol. The Bertz CT molecular complexity index is 676. The van der Waals surface area contributed by atoms with Crippen molar-refractivity contribution in [3.05, 3.63) is 30.1 Å². The number of hydrogen-bond acceptors (Lipinski definition) is 2. The van der Waals surface area contributed by atoms with Crippen LogP contribution in [0, 0.1) is 0 Å². The topological polar surface area (TPSA) is 29.9 Å². The third-order valence-electron chi connectivity index (χ3n) is 4.65. The van der Waals surface area contributed by atoms with Gasteiger partial charge in [-0.25, -0.2) is 4.98 Å². The SMILES string of the molecule is FC(F)(F)Cn1c(C2CC3CCC2N3)nc2ccccc21. The van der Waals surface area contributed by atoms with Crippen molar-refractivity contribution in [2.75, 3.05) is 0 Å². The van der Waals surface area contributed by atoms with Gasteiger partial charge in [-0.3, -0.25) is 0 Å². The van der Waals surface area contributed by atoms with E-state index in [0.717, 1.165) is 19.3 Å². The van der Waals surface area contributed by atoms with Crippen molar-refractivity contribution in [3.8, 4) is 0 Å². The number of halogens is 3. The molecule has 1 aromatic carbocycles. The molecule has 3 heterocycles. The Labute approximate surface area is 120 Å². The molecule has 2 aliphatic rings. The van der Waals surface area contributed by atoms with Crippen molar-refractivity contribution in [2.24, 2.45) is 0 Å². The van der Waals surface area contributed by atoms with Crippen molar-refractivity contribution < 1.29 is 13.2 Å². The number of alkyl halides is 3. The highest BCUT2D eigenvalue weighted by molar-refractivity contribution is 5.76. The predicted octanol–water partition coefficient (Wildman–Crippen LogP) is 3.21. The van der Waals surface area contributed by atoms with Gasteiger partial charge in [0.05, 0.1) is 11.0 Å². The highest BCUT2D eigenvalue weighted by Crippen LogP contribution is 2.41. The van der Waals surface area contributed by atoms with Crippen LogP contribution in [0.3, 0.4) is 0 Å². The van der Waals surface area contributed by atoms with Crippen LogP contribution in [0.1, 0.15) is 31.0 Å². The van der Waals surface area contributed by atoms with Gasteiger partial charge >= 0.3 is 6.18 Å². The first-order chi connectivity index (χ1) is 10.0. The maximum absolute atomic E-state index is 12.9. The monoisotopic (exact) mass is 295 g/mol. The first kappa shape index (κ1) is 13.1. The molecule has 6 heteroatoms. The van der Waals surface area contributed by atoms with Crippen LogP contribution in [0.2, 0.25) is 0 Å². The zero-order valence-electron chi connectivity index (χ0n) is 11.4. The summed E-state index contributed by atoms with van der Waals surface area (Å²) in [6.45, 7) is -0.962. The molecule has 3 nitrogen and oxygen atoms in total. The molecule has 1 aromatic heterocycles. The van der Waals surface area contributed by atoms with Crippen LogP contribution >= 0.6 is 0 Å². The summed E-state index contributed by atoms with van der Waals surface area (Å²) in [5.74, 6) is 0.687. The third kappa shape index (κ3) is 2.21. The number of hydrogen-bond donors (Lipinski definition) is 1. The minimum Gasteiger partial charge on any atom is -0.318 e. The number of para-hydroxylation sites is 2. The van der Waals surface area contributed by atoms with Gasteiger partial charge in [0, 0.05) is 18.0 Å². The number of nitrogens with one attached hydrogen (secondary N) is 1. The van der Waals surface area contributed by atoms with Crippen LogP contribution in [-0.2, 0) is 6.54 Å². The molecular weight excluding hydrogens is 279 g/mol. The number of aromatic nitrogens is 2. The van der Waals surface area contributed by atoms with E-state index in [2.05, 4.69) is 10.3 Å². The van der Waals surface area contributed by atoms with Crippen molar-refractivity contribution in [1.82, 2.24) is 14.9 Å². The minimum atomic E-state index is -4.23. The highest BCUT2D eigenvalue weighted by atomic mass is 19.4. The van der Waals surface area contributed by atoms with E-state index in [9.17, 15) is 13.2 Å². The standard InChI is InChI=1S/C15H16F3N3/c16-15(17,18)8-21-13-4-2-1-3-12(13)20-14(21)10-7-9-5-6-11(10)19-9/h1-4,9-11,19H,5-8H2. The zero-order valence-corrected chi connectivity index (χ0v) is 11.4. The molecule has 0 amide bonds. The fraction of sp³-hybridized carbons (Fsp3) is 0.533. The molecule has 2 fully saturated rings. The second kappa shape index (κ2) is 4.47. The summed E-state index contributed by atoms with van der Waals surface area (Å²) in [5, 5.41) is 3.48. The van der Waals surface area contributed by atoms with Gasteiger partial charge in [0.25, 0.3) is 0 Å². The smallest absolute Gasteiger partial charge is 0.318 e. The fourth-order valence-corrected chi connectivity index (χ4v) is 3.83. The third-order valence-corrected chi connectivity index (χ3v) is 4.65. The summed E-state index contributed by atoms with van der Waals surface area (Å²) < 4.78 is 40.2. The summed E-state index contributed by atoms with van der Waals surface area (Å²) in [6.07, 6.45) is -1.18. The molecule has 21 heavy (non-hydrogen) atoms. The van der Waals surface area contributed by atoms with Gasteiger partial charge in [-0.15, -0.1) is 0 Å². The van der Waals surface area contributed by atoms with Crippen LogP contribution in [0.25, 0.3) is 11.0 Å². The van der Waals surface area contributed by atoms with Crippen molar-refractivity contribution in [3.63, 3.8) is 0 Å². The molecule has 2 aliphatic heterocycles. The lowest BCUT2D eigenvalue weighted by molar-refractivity contribution is -0.140. The lowest BCUT2D eigenvalue weighted by atomic mass is 9.88. The first-order valence-corrected chi connectivity index (χ1v) is 7.29. The van der Waals surface area contributed by atoms with E-state index in [-0.39, 0.29) is 12.0 Å². The van der Waals surface area contributed by atoms with Gasteiger partial charge in [-0.2, -0.15) is 13.2 Å². The summed E-state index contributed by atoms with van der Waals surface area (Å²) in [4.78, 5) is 4.52. The normalized spacial score (nSPS) is 28.6. The van der Waals surface area contributed by atoms with E-state index in [1.165, 1.54) is 4.57 Å². The second-order valence-corrected chi connectivity index (χ2v) is 6.05. The van der Waals surface area contributed by atoms with E-state index >= 15 is 0 Å². The Morgan fingerprint density at radius 3 is 2.71 bits per heavy atom. The number of rotatable bonds is 2. The van der Waals surface area contributed by atoms with Crippen molar-refractivity contribution >= 4 is 11.0 Å². The number of nitrogens with zero attached hydrogens (tertiary/aromatic N) is 2. The summed E-state index contributed by atoms with van der Waals surface area (Å²) >= 11 is 0. The van der Waals surface area contributed by atoms with Gasteiger partial charge in [0.15, 0.2) is 0 Å². The molecule has 112 valence electrons. The van der Waals surface area contributed by atoms with Gasteiger partial charge in [0.1, 0.15) is 12.4 Å². The van der Waals surface area contributed by atoms with Crippen LogP contribution in [0.4, 0.5) is 13.2 Å². The van der Waals surface area contributed by atoms with Gasteiger partial charge in [-0.05, 0) is 31.4 Å². The Hall–Kier alpha value is -1.56. The summed E-state index contributed by atoms with van der Waals surface area (Å²) in [6, 6.07) is 7.80. The summed E-state index contributed by atoms with van der Waals surface area (Å²) in [5.41, 5.74) is 1.23. The molecule has 3 atom stereocenters. The molecule has 2 bridgehead atoms. The van der Waals surface area contributed by atoms with Crippen LogP contribution in [0.5, 0.6) is 0 Å². The maximum Gasteiger partial charge on any atom is 0.406 e. The molecule has 1 N–H and O–H groups in total. The van der Waals surface area contributed by atoms with E-state index in [1.54, 1.807) is 18.2 Å². The lowest BCUT2D eigenvalue weighted by Gasteiger charge is -2.21. The molecule has 2 aromatic rings. The number of fused-ring (bicyclic) bond motifs is 3. The Morgan fingerprint density at radius 1 is 1.24 bits per heavy atom. The average Bonchev–Trinajstić information content (AvgIpc) is 3.11. The fourth-order valence-electron chi connectivity index (χ4n) is 3.83. The molecule has 0 spiro atoms. The Balaban J connectivity index is 1.82. The molecule has 0 aliphatic carbocycles. The molecular formula is C15H16F3N3. The van der Waals surface area contributed by atoms with E-state index in [4.69, 9.17) is 0 Å². The zero-order chi connectivity index (χ0) is 14.6. The maximum atomic E-state index is 12.9. The molecule has 4 rings (SSSR count). The van der Waals surface area contributed by atoms with Gasteiger partial charge < -0.3 is 9.88 Å². The van der Waals surface area contributed by atoms with Crippen LogP contribution < -0.4 is 5.32 Å². The van der Waals surface area contributed by atoms with Crippen LogP contribution in [-0.4, -0.2) is 27.8 Å². The van der Waals surface area contributed by atoms with Crippen molar-refractivity contribution in [2.45, 2.75) is 50.0 Å². The lowest BCUT2D eigenvalue weighted by Crippen LogP contribution is -2.26. The van der Waals surface area contributed by atoms with Crippen LogP contribution in [0.15, 0.2) is 24.3 Å². The average molecular weight is 295 g/mol. The molecule has 0 saturated carbocycles. The van der Waals surface area contributed by atoms with Crippen molar-refractivity contribution in [1.29, 1.82) is 0 Å². The molecule has 0 radical (unpaired) electrons. The second-order valence-electron chi connectivity index (χ2n) is 6.05. The minimum absolute atomic E-state index is 0.0958. The number of imidazole rings is 1. The first-order valence-electron chi connectivity index (χ1n) is 7.29. The van der Waals surface area contributed by atoms with E-state index < -0.39 is 12.7 Å². The Kier molecular flexibility index (Phi) is 2.79. The Morgan fingerprint density at radius 2 is 2.05 bits per heavy atom. The van der Waals surface area contributed by atoms with Gasteiger partial charge in [0.2, 0.25) is 0 Å². The van der Waals surface area contributed by atoms with E-state index in [0.29, 0.717) is 22.9 Å². The van der Waals surface area contributed by atoms with Gasteiger partial charge in [-0.1, -0.05) is 12.1 Å². The molecule has 3 unspecified atom stereocenters.